The van der Waals surface area contributed by atoms with Crippen LogP contribution in [0.25, 0.3) is 11.3 Å². The minimum atomic E-state index is -0.342. The van der Waals surface area contributed by atoms with Gasteiger partial charge in [0.15, 0.2) is 18.8 Å². The molecule has 1 heterocycles. The predicted molar refractivity (Wildman–Crippen MR) is 88.5 cm³/mol. The molecular formula is C18H22N2O4. The van der Waals surface area contributed by atoms with Crippen molar-refractivity contribution in [1.29, 1.82) is 0 Å². The monoisotopic (exact) mass is 330 g/mol. The van der Waals surface area contributed by atoms with Crippen LogP contribution in [0.3, 0.4) is 0 Å². The van der Waals surface area contributed by atoms with Crippen LogP contribution in [0.2, 0.25) is 0 Å². The number of ether oxygens (including phenoxy) is 1. The van der Waals surface area contributed by atoms with Crippen molar-refractivity contribution in [2.24, 2.45) is 0 Å². The van der Waals surface area contributed by atoms with Crippen LogP contribution < -0.4 is 0 Å². The normalized spacial score (nSPS) is 14.8. The summed E-state index contributed by atoms with van der Waals surface area (Å²) in [5.41, 5.74) is 2.18. The van der Waals surface area contributed by atoms with Gasteiger partial charge in [0, 0.05) is 18.7 Å². The number of carbonyl (C=O) groups excluding carboxylic acids is 1. The molecule has 0 radical (unpaired) electrons. The van der Waals surface area contributed by atoms with Crippen LogP contribution in [0.5, 0.6) is 5.75 Å². The summed E-state index contributed by atoms with van der Waals surface area (Å²) in [7, 11) is 1.78. The molecule has 1 aromatic carbocycles. The molecule has 128 valence electrons. The van der Waals surface area contributed by atoms with Crippen molar-refractivity contribution in [3.8, 4) is 17.0 Å². The third-order valence-corrected chi connectivity index (χ3v) is 4.60. The number of hydrogen-bond acceptors (Lipinski definition) is 5. The van der Waals surface area contributed by atoms with Gasteiger partial charge in [0.25, 0.3) is 0 Å². The van der Waals surface area contributed by atoms with Gasteiger partial charge in [0.05, 0.1) is 0 Å². The van der Waals surface area contributed by atoms with E-state index in [2.05, 4.69) is 4.98 Å². The predicted octanol–water partition coefficient (Wildman–Crippen LogP) is 3.87. The van der Waals surface area contributed by atoms with Crippen LogP contribution in [0.15, 0.2) is 29.0 Å². The number of rotatable bonds is 4. The quantitative estimate of drug-likeness (QED) is 0.921. The van der Waals surface area contributed by atoms with E-state index in [1.54, 1.807) is 24.1 Å². The highest BCUT2D eigenvalue weighted by atomic mass is 16.6. The van der Waals surface area contributed by atoms with E-state index in [4.69, 9.17) is 9.15 Å². The smallest absolute Gasteiger partial charge is 0.410 e. The third kappa shape index (κ3) is 3.37. The maximum Gasteiger partial charge on any atom is 0.410 e. The maximum absolute atomic E-state index is 12.2. The van der Waals surface area contributed by atoms with E-state index in [1.165, 1.54) is 6.39 Å². The lowest BCUT2D eigenvalue weighted by Crippen LogP contribution is -2.35. The van der Waals surface area contributed by atoms with Crippen molar-refractivity contribution in [2.45, 2.75) is 45.3 Å². The van der Waals surface area contributed by atoms with Gasteiger partial charge in [-0.1, -0.05) is 12.8 Å². The first-order chi connectivity index (χ1) is 11.6. The molecule has 2 aromatic rings. The standard InChI is InChI=1S/C18H22N2O4/c1-12-9-13(7-8-15(12)21)17-16(24-11-19-17)10-23-18(22)20(2)14-5-3-4-6-14/h7-9,11,14,21H,3-6,10H2,1-2H3. The Hall–Kier alpha value is -2.50. The molecule has 3 rings (SSSR count). The molecule has 0 atom stereocenters. The molecule has 1 fully saturated rings. The summed E-state index contributed by atoms with van der Waals surface area (Å²) in [6.07, 6.45) is 5.38. The molecule has 1 saturated carbocycles. The number of amides is 1. The van der Waals surface area contributed by atoms with E-state index >= 15 is 0 Å². The van der Waals surface area contributed by atoms with Gasteiger partial charge in [-0.2, -0.15) is 0 Å². The fourth-order valence-corrected chi connectivity index (χ4v) is 3.08. The first-order valence-corrected chi connectivity index (χ1v) is 8.18. The highest BCUT2D eigenvalue weighted by Gasteiger charge is 2.25. The van der Waals surface area contributed by atoms with E-state index < -0.39 is 0 Å². The summed E-state index contributed by atoms with van der Waals surface area (Å²) in [5, 5.41) is 9.63. The Bertz CT molecular complexity index is 720. The number of benzene rings is 1. The third-order valence-electron chi connectivity index (χ3n) is 4.60. The Morgan fingerprint density at radius 2 is 2.17 bits per heavy atom. The molecule has 1 N–H and O–H groups in total. The largest absolute Gasteiger partial charge is 0.508 e. The van der Waals surface area contributed by atoms with Crippen molar-refractivity contribution in [3.05, 3.63) is 35.9 Å². The highest BCUT2D eigenvalue weighted by Crippen LogP contribution is 2.28. The zero-order valence-electron chi connectivity index (χ0n) is 14.0. The number of phenolic OH excluding ortho intramolecular Hbond substituents is 1. The van der Waals surface area contributed by atoms with Crippen molar-refractivity contribution in [2.75, 3.05) is 7.05 Å². The molecule has 0 aliphatic heterocycles. The number of aromatic nitrogens is 1. The summed E-state index contributed by atoms with van der Waals surface area (Å²) in [4.78, 5) is 18.1. The topological polar surface area (TPSA) is 75.8 Å². The van der Waals surface area contributed by atoms with Crippen LogP contribution in [0.1, 0.15) is 37.0 Å². The fraction of sp³-hybridized carbons (Fsp3) is 0.444. The molecule has 0 saturated heterocycles. The Morgan fingerprint density at radius 1 is 1.42 bits per heavy atom. The van der Waals surface area contributed by atoms with Gasteiger partial charge in [-0.15, -0.1) is 0 Å². The fourth-order valence-electron chi connectivity index (χ4n) is 3.08. The van der Waals surface area contributed by atoms with Crippen LogP contribution in [-0.4, -0.2) is 34.2 Å². The van der Waals surface area contributed by atoms with E-state index in [0.29, 0.717) is 11.5 Å². The second-order valence-corrected chi connectivity index (χ2v) is 6.23. The second kappa shape index (κ2) is 6.95. The molecule has 6 nitrogen and oxygen atoms in total. The van der Waals surface area contributed by atoms with Gasteiger partial charge in [-0.05, 0) is 43.5 Å². The molecule has 1 aliphatic carbocycles. The van der Waals surface area contributed by atoms with Crippen LogP contribution in [0, 0.1) is 6.92 Å². The zero-order chi connectivity index (χ0) is 17.1. The molecule has 0 unspecified atom stereocenters. The molecule has 1 aliphatic rings. The van der Waals surface area contributed by atoms with Gasteiger partial charge in [0.1, 0.15) is 11.4 Å². The molecular weight excluding hydrogens is 308 g/mol. The summed E-state index contributed by atoms with van der Waals surface area (Å²) < 4.78 is 10.8. The second-order valence-electron chi connectivity index (χ2n) is 6.23. The van der Waals surface area contributed by atoms with Crippen molar-refractivity contribution in [3.63, 3.8) is 0 Å². The lowest BCUT2D eigenvalue weighted by molar-refractivity contribution is 0.0860. The average Bonchev–Trinajstić information content (AvgIpc) is 3.26. The molecule has 0 spiro atoms. The number of hydrogen-bond donors (Lipinski definition) is 1. The number of oxazole rings is 1. The Morgan fingerprint density at radius 3 is 2.88 bits per heavy atom. The SMILES string of the molecule is Cc1cc(-c2ncoc2COC(=O)N(C)C2CCCC2)ccc1O. The van der Waals surface area contributed by atoms with E-state index in [9.17, 15) is 9.90 Å². The van der Waals surface area contributed by atoms with E-state index in [-0.39, 0.29) is 24.5 Å². The lowest BCUT2D eigenvalue weighted by Gasteiger charge is -2.23. The molecule has 6 heteroatoms. The first kappa shape index (κ1) is 16.4. The zero-order valence-corrected chi connectivity index (χ0v) is 14.0. The van der Waals surface area contributed by atoms with Crippen LogP contribution >= 0.6 is 0 Å². The van der Waals surface area contributed by atoms with Gasteiger partial charge >= 0.3 is 6.09 Å². The summed E-state index contributed by atoms with van der Waals surface area (Å²) in [6.45, 7) is 1.85. The Labute approximate surface area is 141 Å². The minimum absolute atomic E-state index is 0.0329. The van der Waals surface area contributed by atoms with Gasteiger partial charge < -0.3 is 19.2 Å². The molecule has 1 amide bonds. The minimum Gasteiger partial charge on any atom is -0.508 e. The highest BCUT2D eigenvalue weighted by molar-refractivity contribution is 5.68. The van der Waals surface area contributed by atoms with Crippen LogP contribution in [0.4, 0.5) is 4.79 Å². The summed E-state index contributed by atoms with van der Waals surface area (Å²) in [6, 6.07) is 5.47. The van der Waals surface area contributed by atoms with Gasteiger partial charge in [0.2, 0.25) is 0 Å². The van der Waals surface area contributed by atoms with E-state index in [0.717, 1.165) is 36.8 Å². The average molecular weight is 330 g/mol. The Kier molecular flexibility index (Phi) is 4.74. The molecule has 24 heavy (non-hydrogen) atoms. The first-order valence-electron chi connectivity index (χ1n) is 8.18. The van der Waals surface area contributed by atoms with Gasteiger partial charge in [-0.25, -0.2) is 9.78 Å². The number of phenols is 1. The maximum atomic E-state index is 12.2. The number of aryl methyl sites for hydroxylation is 1. The van der Waals surface area contributed by atoms with Gasteiger partial charge in [-0.3, -0.25) is 0 Å². The molecule has 0 bridgehead atoms. The van der Waals surface area contributed by atoms with Crippen LogP contribution in [-0.2, 0) is 11.3 Å². The van der Waals surface area contributed by atoms with Crippen molar-refractivity contribution < 1.29 is 19.1 Å². The number of carbonyl (C=O) groups is 1. The van der Waals surface area contributed by atoms with Crippen molar-refractivity contribution in [1.82, 2.24) is 9.88 Å². The molecule has 1 aromatic heterocycles. The summed E-state index contributed by atoms with van der Waals surface area (Å²) in [5.74, 6) is 0.724. The number of aromatic hydroxyl groups is 1. The van der Waals surface area contributed by atoms with Crippen molar-refractivity contribution >= 4 is 6.09 Å². The van der Waals surface area contributed by atoms with E-state index in [1.807, 2.05) is 13.0 Å². The number of nitrogens with zero attached hydrogens (tertiary/aromatic N) is 2. The Balaban J connectivity index is 1.67. The lowest BCUT2D eigenvalue weighted by atomic mass is 10.1. The summed E-state index contributed by atoms with van der Waals surface area (Å²) >= 11 is 0.